The van der Waals surface area contributed by atoms with E-state index in [0.29, 0.717) is 17.5 Å². The molecule has 1 saturated carbocycles. The van der Waals surface area contributed by atoms with Gasteiger partial charge in [-0.2, -0.15) is 18.3 Å². The second-order valence-electron chi connectivity index (χ2n) is 6.67. The van der Waals surface area contributed by atoms with Crippen molar-refractivity contribution in [3.8, 4) is 0 Å². The largest absolute Gasteiger partial charge is 0.435 e. The molecular formula is C16H24F3N3O. The number of hydrogen-bond donors (Lipinski definition) is 1. The molecule has 0 bridgehead atoms. The number of aryl methyl sites for hydroxylation is 1. The van der Waals surface area contributed by atoms with Crippen LogP contribution < -0.4 is 5.32 Å². The Kier molecular flexibility index (Phi) is 5.06. The number of carbonyl (C=O) groups is 1. The number of alkyl halides is 3. The zero-order valence-corrected chi connectivity index (χ0v) is 13.9. The van der Waals surface area contributed by atoms with E-state index in [9.17, 15) is 18.0 Å². The maximum atomic E-state index is 12.7. The van der Waals surface area contributed by atoms with E-state index in [2.05, 4.69) is 24.3 Å². The number of aromatic nitrogens is 2. The summed E-state index contributed by atoms with van der Waals surface area (Å²) in [6.45, 7) is 7.38. The van der Waals surface area contributed by atoms with Crippen LogP contribution in [0.4, 0.5) is 13.2 Å². The van der Waals surface area contributed by atoms with Crippen molar-refractivity contribution in [1.82, 2.24) is 15.1 Å². The minimum absolute atomic E-state index is 0.0756. The fraction of sp³-hybridized carbons (Fsp3) is 0.750. The molecule has 0 radical (unpaired) electrons. The van der Waals surface area contributed by atoms with Gasteiger partial charge in [0.2, 0.25) is 5.91 Å². The summed E-state index contributed by atoms with van der Waals surface area (Å²) >= 11 is 0. The topological polar surface area (TPSA) is 46.9 Å². The highest BCUT2D eigenvalue weighted by Crippen LogP contribution is 2.31. The Morgan fingerprint density at radius 1 is 1.39 bits per heavy atom. The highest BCUT2D eigenvalue weighted by atomic mass is 19.4. The third-order valence-corrected chi connectivity index (χ3v) is 4.99. The summed E-state index contributed by atoms with van der Waals surface area (Å²) in [6.07, 6.45) is -1.38. The minimum Gasteiger partial charge on any atom is -0.351 e. The van der Waals surface area contributed by atoms with Gasteiger partial charge in [0.1, 0.15) is 6.04 Å². The molecule has 4 nitrogen and oxygen atoms in total. The lowest BCUT2D eigenvalue weighted by Gasteiger charge is -2.35. The van der Waals surface area contributed by atoms with E-state index in [1.165, 1.54) is 6.92 Å². The van der Waals surface area contributed by atoms with Crippen LogP contribution in [0.5, 0.6) is 0 Å². The molecule has 1 amide bonds. The van der Waals surface area contributed by atoms with Crippen LogP contribution in [-0.2, 0) is 11.0 Å². The molecule has 0 unspecified atom stereocenters. The summed E-state index contributed by atoms with van der Waals surface area (Å²) in [5, 5.41) is 6.55. The molecular weight excluding hydrogens is 307 g/mol. The second kappa shape index (κ2) is 6.53. The zero-order valence-electron chi connectivity index (χ0n) is 13.9. The van der Waals surface area contributed by atoms with Gasteiger partial charge in [0, 0.05) is 11.7 Å². The Bertz CT molecular complexity index is 567. The maximum Gasteiger partial charge on any atom is 0.435 e. The summed E-state index contributed by atoms with van der Waals surface area (Å²) in [5.74, 6) is 0.618. The van der Waals surface area contributed by atoms with Gasteiger partial charge in [-0.25, -0.2) is 0 Å². The standard InChI is InChI=1S/C16H24F3N3O/c1-9-6-5-7-13(11(9)3)20-15(23)12(4)22-10(2)8-14(21-22)16(17,18)19/h8-9,11-13H,5-7H2,1-4H3,(H,20,23)/t9-,11-,12-,13-/m1/s1. The van der Waals surface area contributed by atoms with Crippen molar-refractivity contribution in [2.75, 3.05) is 0 Å². The molecule has 1 fully saturated rings. The van der Waals surface area contributed by atoms with E-state index in [4.69, 9.17) is 0 Å². The summed E-state index contributed by atoms with van der Waals surface area (Å²) in [6, 6.07) is 0.275. The molecule has 0 saturated heterocycles. The third kappa shape index (κ3) is 3.87. The molecule has 0 aromatic carbocycles. The Morgan fingerprint density at radius 3 is 2.61 bits per heavy atom. The third-order valence-electron chi connectivity index (χ3n) is 4.99. The summed E-state index contributed by atoms with van der Waals surface area (Å²) in [4.78, 5) is 12.4. The van der Waals surface area contributed by atoms with Crippen LogP contribution in [-0.4, -0.2) is 21.7 Å². The Balaban J connectivity index is 2.09. The summed E-state index contributed by atoms with van der Waals surface area (Å²) in [7, 11) is 0. The first-order chi connectivity index (χ1) is 10.6. The fourth-order valence-corrected chi connectivity index (χ4v) is 3.22. The van der Waals surface area contributed by atoms with Crippen LogP contribution in [0.3, 0.4) is 0 Å². The van der Waals surface area contributed by atoms with E-state index in [1.54, 1.807) is 6.92 Å². The smallest absolute Gasteiger partial charge is 0.351 e. The minimum atomic E-state index is -4.50. The van der Waals surface area contributed by atoms with E-state index in [-0.39, 0.29) is 11.9 Å². The average molecular weight is 331 g/mol. The Morgan fingerprint density at radius 2 is 2.04 bits per heavy atom. The molecule has 1 heterocycles. The van der Waals surface area contributed by atoms with E-state index < -0.39 is 17.9 Å². The van der Waals surface area contributed by atoms with E-state index in [1.807, 2.05) is 0 Å². The predicted octanol–water partition coefficient (Wildman–Crippen LogP) is 3.71. The first kappa shape index (κ1) is 17.8. The van der Waals surface area contributed by atoms with Gasteiger partial charge >= 0.3 is 6.18 Å². The molecule has 7 heteroatoms. The Labute approximate surface area is 134 Å². The van der Waals surface area contributed by atoms with Crippen molar-refractivity contribution in [2.45, 2.75) is 65.2 Å². The van der Waals surface area contributed by atoms with Crippen molar-refractivity contribution in [1.29, 1.82) is 0 Å². The molecule has 1 aromatic rings. The lowest BCUT2D eigenvalue weighted by Crippen LogP contribution is -2.46. The van der Waals surface area contributed by atoms with Gasteiger partial charge < -0.3 is 5.32 Å². The van der Waals surface area contributed by atoms with Crippen LogP contribution in [0.15, 0.2) is 6.07 Å². The number of halogens is 3. The monoisotopic (exact) mass is 331 g/mol. The molecule has 1 N–H and O–H groups in total. The zero-order chi connectivity index (χ0) is 17.4. The summed E-state index contributed by atoms with van der Waals surface area (Å²) < 4.78 is 39.4. The van der Waals surface area contributed by atoms with Gasteiger partial charge in [-0.15, -0.1) is 0 Å². The first-order valence-electron chi connectivity index (χ1n) is 8.05. The first-order valence-corrected chi connectivity index (χ1v) is 8.05. The average Bonchev–Trinajstić information content (AvgIpc) is 2.85. The second-order valence-corrected chi connectivity index (χ2v) is 6.67. The van der Waals surface area contributed by atoms with Crippen LogP contribution in [0.1, 0.15) is 57.5 Å². The molecule has 1 aliphatic carbocycles. The maximum absolute atomic E-state index is 12.7. The Hall–Kier alpha value is -1.53. The van der Waals surface area contributed by atoms with Crippen LogP contribution in [0.25, 0.3) is 0 Å². The number of hydrogen-bond acceptors (Lipinski definition) is 2. The molecule has 0 aliphatic heterocycles. The van der Waals surface area contributed by atoms with Crippen LogP contribution in [0.2, 0.25) is 0 Å². The molecule has 4 atom stereocenters. The molecule has 1 aliphatic rings. The van der Waals surface area contributed by atoms with E-state index in [0.717, 1.165) is 30.0 Å². The van der Waals surface area contributed by atoms with Crippen molar-refractivity contribution in [2.24, 2.45) is 11.8 Å². The van der Waals surface area contributed by atoms with E-state index >= 15 is 0 Å². The molecule has 0 spiro atoms. The molecule has 23 heavy (non-hydrogen) atoms. The van der Waals surface area contributed by atoms with Crippen molar-refractivity contribution >= 4 is 5.91 Å². The molecule has 1 aromatic heterocycles. The van der Waals surface area contributed by atoms with Gasteiger partial charge in [-0.1, -0.05) is 26.7 Å². The lowest BCUT2D eigenvalue weighted by atomic mass is 9.78. The lowest BCUT2D eigenvalue weighted by molar-refractivity contribution is -0.142. The van der Waals surface area contributed by atoms with Crippen LogP contribution in [0, 0.1) is 18.8 Å². The number of amides is 1. The van der Waals surface area contributed by atoms with Crippen molar-refractivity contribution in [3.63, 3.8) is 0 Å². The number of rotatable bonds is 3. The molecule has 2 rings (SSSR count). The number of nitrogens with one attached hydrogen (secondary N) is 1. The number of carbonyl (C=O) groups excluding carboxylic acids is 1. The van der Waals surface area contributed by atoms with Gasteiger partial charge in [0.25, 0.3) is 0 Å². The fourth-order valence-electron chi connectivity index (χ4n) is 3.22. The predicted molar refractivity (Wildman–Crippen MR) is 80.8 cm³/mol. The highest BCUT2D eigenvalue weighted by molar-refractivity contribution is 5.80. The normalized spacial score (nSPS) is 26.8. The van der Waals surface area contributed by atoms with Crippen LogP contribution >= 0.6 is 0 Å². The number of nitrogens with zero attached hydrogens (tertiary/aromatic N) is 2. The highest BCUT2D eigenvalue weighted by Gasteiger charge is 2.36. The van der Waals surface area contributed by atoms with Crippen molar-refractivity contribution in [3.05, 3.63) is 17.5 Å². The van der Waals surface area contributed by atoms with Crippen molar-refractivity contribution < 1.29 is 18.0 Å². The SMILES string of the molecule is Cc1cc(C(F)(F)F)nn1[C@H](C)C(=O)N[C@@H]1CCC[C@@H](C)[C@H]1C. The van der Waals surface area contributed by atoms with Gasteiger partial charge in [0.05, 0.1) is 0 Å². The van der Waals surface area contributed by atoms with Gasteiger partial charge in [-0.05, 0) is 38.2 Å². The quantitative estimate of drug-likeness (QED) is 0.918. The summed E-state index contributed by atoms with van der Waals surface area (Å²) in [5.41, 5.74) is -0.639. The van der Waals surface area contributed by atoms with Gasteiger partial charge in [0.15, 0.2) is 5.69 Å². The van der Waals surface area contributed by atoms with Gasteiger partial charge in [-0.3, -0.25) is 9.48 Å². The molecule has 130 valence electrons.